The zero-order valence-corrected chi connectivity index (χ0v) is 20.1. The number of hydrogen-bond donors (Lipinski definition) is 1. The van der Waals surface area contributed by atoms with Gasteiger partial charge in [0.1, 0.15) is 15.8 Å². The predicted molar refractivity (Wildman–Crippen MR) is 133 cm³/mol. The maximum absolute atomic E-state index is 13.5. The van der Waals surface area contributed by atoms with Gasteiger partial charge < -0.3 is 14.9 Å². The zero-order chi connectivity index (χ0) is 23.7. The van der Waals surface area contributed by atoms with Crippen molar-refractivity contribution in [3.63, 3.8) is 0 Å². The average molecular weight is 488 g/mol. The molecule has 0 bridgehead atoms. The summed E-state index contributed by atoms with van der Waals surface area (Å²) in [5.74, 6) is -0.837. The molecule has 2 fully saturated rings. The molecule has 0 unspecified atom stereocenters. The van der Waals surface area contributed by atoms with Gasteiger partial charge >= 0.3 is 5.97 Å². The number of thiocarbonyl (C=S) groups is 1. The number of pyridine rings is 1. The van der Waals surface area contributed by atoms with Crippen LogP contribution in [0.15, 0.2) is 28.0 Å². The molecule has 33 heavy (non-hydrogen) atoms. The maximum Gasteiger partial charge on any atom is 0.305 e. The SMILES string of the molecule is CCN1CCN(c2nc3c(C)cccn3c(=O)c2C=C2SC(=S)N(CCC(=O)O)C2=O)CC1. The minimum Gasteiger partial charge on any atom is -0.481 e. The quantitative estimate of drug-likeness (QED) is 0.483. The van der Waals surface area contributed by atoms with Crippen LogP contribution in [-0.2, 0) is 9.59 Å². The van der Waals surface area contributed by atoms with E-state index in [9.17, 15) is 14.4 Å². The Balaban J connectivity index is 1.79. The van der Waals surface area contributed by atoms with Gasteiger partial charge in [0.25, 0.3) is 11.5 Å². The van der Waals surface area contributed by atoms with Gasteiger partial charge in [-0.3, -0.25) is 23.7 Å². The van der Waals surface area contributed by atoms with Gasteiger partial charge in [0.15, 0.2) is 0 Å². The Bertz CT molecular complexity index is 1220. The number of carbonyl (C=O) groups is 2. The molecule has 174 valence electrons. The Hall–Kier alpha value is -2.76. The summed E-state index contributed by atoms with van der Waals surface area (Å²) >= 11 is 6.37. The van der Waals surface area contributed by atoms with Crippen LogP contribution in [0.3, 0.4) is 0 Å². The van der Waals surface area contributed by atoms with E-state index in [1.54, 1.807) is 18.3 Å². The zero-order valence-electron chi connectivity index (χ0n) is 18.5. The fourth-order valence-electron chi connectivity index (χ4n) is 3.98. The molecule has 2 aliphatic rings. The molecule has 0 aromatic carbocycles. The summed E-state index contributed by atoms with van der Waals surface area (Å²) < 4.78 is 1.79. The van der Waals surface area contributed by atoms with Gasteiger partial charge in [-0.05, 0) is 31.2 Å². The Labute approximate surface area is 200 Å². The average Bonchev–Trinajstić information content (AvgIpc) is 3.06. The molecule has 0 saturated carbocycles. The van der Waals surface area contributed by atoms with Crippen LogP contribution in [0.2, 0.25) is 0 Å². The van der Waals surface area contributed by atoms with E-state index >= 15 is 0 Å². The van der Waals surface area contributed by atoms with Crippen molar-refractivity contribution in [2.75, 3.05) is 44.2 Å². The van der Waals surface area contributed by atoms with Gasteiger partial charge in [-0.15, -0.1) is 0 Å². The summed E-state index contributed by atoms with van der Waals surface area (Å²) in [5, 5.41) is 8.96. The molecule has 2 aromatic rings. The van der Waals surface area contributed by atoms with Crippen LogP contribution in [0.4, 0.5) is 5.82 Å². The summed E-state index contributed by atoms with van der Waals surface area (Å²) in [7, 11) is 0. The fourth-order valence-corrected chi connectivity index (χ4v) is 5.27. The number of nitrogens with zero attached hydrogens (tertiary/aromatic N) is 5. The molecule has 0 radical (unpaired) electrons. The molecular weight excluding hydrogens is 462 g/mol. The van der Waals surface area contributed by atoms with E-state index in [-0.39, 0.29) is 28.8 Å². The highest BCUT2D eigenvalue weighted by atomic mass is 32.2. The third kappa shape index (κ3) is 4.66. The van der Waals surface area contributed by atoms with E-state index in [1.165, 1.54) is 9.30 Å². The van der Waals surface area contributed by atoms with Crippen LogP contribution in [0, 0.1) is 6.92 Å². The molecule has 11 heteroatoms. The first-order valence-corrected chi connectivity index (χ1v) is 12.0. The van der Waals surface area contributed by atoms with Crippen LogP contribution < -0.4 is 10.5 Å². The molecule has 0 spiro atoms. The van der Waals surface area contributed by atoms with Crippen LogP contribution in [0.25, 0.3) is 11.7 Å². The van der Waals surface area contributed by atoms with Gasteiger partial charge in [-0.2, -0.15) is 0 Å². The summed E-state index contributed by atoms with van der Waals surface area (Å²) in [6.07, 6.45) is 3.03. The van der Waals surface area contributed by atoms with Gasteiger partial charge in [-0.1, -0.05) is 37.0 Å². The van der Waals surface area contributed by atoms with Crippen molar-refractivity contribution in [1.29, 1.82) is 0 Å². The molecule has 4 heterocycles. The number of thioether (sulfide) groups is 1. The number of hydrogen-bond acceptors (Lipinski definition) is 8. The highest BCUT2D eigenvalue weighted by molar-refractivity contribution is 8.26. The summed E-state index contributed by atoms with van der Waals surface area (Å²) in [4.78, 5) is 48.3. The molecule has 0 atom stereocenters. The van der Waals surface area contributed by atoms with Gasteiger partial charge in [0.2, 0.25) is 0 Å². The first-order valence-electron chi connectivity index (χ1n) is 10.8. The van der Waals surface area contributed by atoms with E-state index in [0.717, 1.165) is 50.0 Å². The Morgan fingerprint density at radius 3 is 2.67 bits per heavy atom. The lowest BCUT2D eigenvalue weighted by atomic mass is 10.2. The van der Waals surface area contributed by atoms with Crippen LogP contribution in [0.1, 0.15) is 24.5 Å². The molecule has 9 nitrogen and oxygen atoms in total. The topological polar surface area (TPSA) is 98.5 Å². The minimum absolute atomic E-state index is 0.00266. The molecule has 2 aromatic heterocycles. The van der Waals surface area contributed by atoms with Crippen LogP contribution in [0.5, 0.6) is 0 Å². The lowest BCUT2D eigenvalue weighted by molar-refractivity contribution is -0.137. The standard InChI is InChI=1S/C22H25N5O4S2/c1-3-24-9-11-25(12-10-24)19-15(20(30)26-7-4-5-14(2)18(26)23-19)13-16-21(31)27(22(32)33-16)8-6-17(28)29/h4-5,7,13H,3,6,8-12H2,1-2H3,(H,28,29). The maximum atomic E-state index is 13.5. The number of fused-ring (bicyclic) bond motifs is 1. The van der Waals surface area contributed by atoms with Gasteiger partial charge in [0, 0.05) is 38.9 Å². The number of rotatable bonds is 6. The third-order valence-corrected chi connectivity index (χ3v) is 7.26. The molecular formula is C22H25N5O4S2. The molecule has 2 aliphatic heterocycles. The molecule has 2 saturated heterocycles. The van der Waals surface area contributed by atoms with Crippen molar-refractivity contribution < 1.29 is 14.7 Å². The number of carboxylic acid groups (broad SMARTS) is 1. The number of carboxylic acids is 1. The highest BCUT2D eigenvalue weighted by Crippen LogP contribution is 2.33. The second kappa shape index (κ2) is 9.62. The number of carbonyl (C=O) groups excluding carboxylic acids is 1. The van der Waals surface area contributed by atoms with Crippen molar-refractivity contribution in [1.82, 2.24) is 19.2 Å². The van der Waals surface area contributed by atoms with Crippen LogP contribution >= 0.6 is 24.0 Å². The second-order valence-corrected chi connectivity index (χ2v) is 9.61. The van der Waals surface area contributed by atoms with Gasteiger partial charge in [-0.25, -0.2) is 4.98 Å². The van der Waals surface area contributed by atoms with Crippen LogP contribution in [-0.4, -0.2) is 79.8 Å². The lowest BCUT2D eigenvalue weighted by Gasteiger charge is -2.35. The number of amides is 1. The Kier molecular flexibility index (Phi) is 6.82. The summed E-state index contributed by atoms with van der Waals surface area (Å²) in [6, 6.07) is 3.70. The first kappa shape index (κ1) is 23.4. The van der Waals surface area contributed by atoms with E-state index < -0.39 is 5.97 Å². The Morgan fingerprint density at radius 2 is 2.00 bits per heavy atom. The number of aliphatic carboxylic acids is 1. The fraction of sp³-hybridized carbons (Fsp3) is 0.409. The van der Waals surface area contributed by atoms with E-state index in [1.807, 2.05) is 13.0 Å². The number of aryl methyl sites for hydroxylation is 1. The predicted octanol–water partition coefficient (Wildman–Crippen LogP) is 1.82. The number of anilines is 1. The lowest BCUT2D eigenvalue weighted by Crippen LogP contribution is -2.47. The van der Waals surface area contributed by atoms with Crippen molar-refractivity contribution in [2.24, 2.45) is 0 Å². The largest absolute Gasteiger partial charge is 0.481 e. The first-order chi connectivity index (χ1) is 15.8. The third-order valence-electron chi connectivity index (χ3n) is 5.88. The number of aromatic nitrogens is 2. The molecule has 0 aliphatic carbocycles. The van der Waals surface area contributed by atoms with Crippen molar-refractivity contribution >= 4 is 57.7 Å². The Morgan fingerprint density at radius 1 is 1.27 bits per heavy atom. The highest BCUT2D eigenvalue weighted by Gasteiger charge is 2.33. The monoisotopic (exact) mass is 487 g/mol. The number of piperazine rings is 1. The van der Waals surface area contributed by atoms with E-state index in [4.69, 9.17) is 22.3 Å². The van der Waals surface area contributed by atoms with Gasteiger partial charge in [0.05, 0.1) is 16.9 Å². The minimum atomic E-state index is -1.01. The van der Waals surface area contributed by atoms with Crippen molar-refractivity contribution in [3.8, 4) is 0 Å². The summed E-state index contributed by atoms with van der Waals surface area (Å²) in [5.41, 5.74) is 1.55. The van der Waals surface area contributed by atoms with E-state index in [2.05, 4.69) is 16.7 Å². The number of likely N-dealkylation sites (N-methyl/N-ethyl adjacent to an activating group) is 1. The molecule has 4 rings (SSSR count). The van der Waals surface area contributed by atoms with Crippen molar-refractivity contribution in [3.05, 3.63) is 44.7 Å². The molecule has 1 amide bonds. The van der Waals surface area contributed by atoms with Crippen molar-refractivity contribution in [2.45, 2.75) is 20.3 Å². The summed E-state index contributed by atoms with van der Waals surface area (Å²) in [6.45, 7) is 8.17. The smallest absolute Gasteiger partial charge is 0.305 e. The molecule has 1 N–H and O–H groups in total. The normalized spacial score (nSPS) is 18.7. The second-order valence-electron chi connectivity index (χ2n) is 7.94. The van der Waals surface area contributed by atoms with E-state index in [0.29, 0.717) is 21.9 Å².